The zero-order valence-electron chi connectivity index (χ0n) is 8.31. The summed E-state index contributed by atoms with van der Waals surface area (Å²) in [6.45, 7) is -0.400. The molecule has 0 bridgehead atoms. The number of halogens is 1. The van der Waals surface area contributed by atoms with Gasteiger partial charge in [0, 0.05) is 5.33 Å². The van der Waals surface area contributed by atoms with Crippen LogP contribution < -0.4 is 10.5 Å². The Labute approximate surface area is 102 Å². The lowest BCUT2D eigenvalue weighted by molar-refractivity contribution is -0.116. The molecule has 1 amide bonds. The Morgan fingerprint density at radius 1 is 1.31 bits per heavy atom. The number of sulfonamides is 1. The van der Waals surface area contributed by atoms with Gasteiger partial charge in [-0.15, -0.1) is 0 Å². The second kappa shape index (κ2) is 5.42. The molecule has 5 nitrogen and oxygen atoms in total. The van der Waals surface area contributed by atoms with Crippen LogP contribution in [0.5, 0.6) is 0 Å². The molecule has 7 heteroatoms. The van der Waals surface area contributed by atoms with Gasteiger partial charge in [0.2, 0.25) is 15.9 Å². The molecule has 0 spiro atoms. The molecule has 1 rings (SSSR count). The fourth-order valence-corrected chi connectivity index (χ4v) is 2.37. The molecule has 0 atom stereocenters. The zero-order chi connectivity index (χ0) is 12.2. The van der Waals surface area contributed by atoms with E-state index in [-0.39, 0.29) is 4.90 Å². The van der Waals surface area contributed by atoms with E-state index in [4.69, 9.17) is 5.73 Å². The minimum Gasteiger partial charge on any atom is -0.369 e. The van der Waals surface area contributed by atoms with Gasteiger partial charge >= 0.3 is 0 Å². The third-order valence-corrected chi connectivity index (χ3v) is 3.89. The van der Waals surface area contributed by atoms with E-state index in [0.29, 0.717) is 5.33 Å². The summed E-state index contributed by atoms with van der Waals surface area (Å²) in [5.41, 5.74) is 5.82. The molecule has 0 unspecified atom stereocenters. The molecule has 88 valence electrons. The molecule has 0 aliphatic carbocycles. The predicted molar refractivity (Wildman–Crippen MR) is 63.5 cm³/mol. The normalized spacial score (nSPS) is 11.3. The molecule has 0 radical (unpaired) electrons. The second-order valence-electron chi connectivity index (χ2n) is 3.07. The number of benzene rings is 1. The quantitative estimate of drug-likeness (QED) is 0.769. The largest absolute Gasteiger partial charge is 0.369 e. The highest BCUT2D eigenvalue weighted by atomic mass is 79.9. The van der Waals surface area contributed by atoms with Gasteiger partial charge in [0.05, 0.1) is 11.4 Å². The van der Waals surface area contributed by atoms with Crippen molar-refractivity contribution in [3.63, 3.8) is 0 Å². The standard InChI is InChI=1S/C9H11BrN2O3S/c10-5-7-1-3-8(4-2-7)16(14,15)12-6-9(11)13/h1-4,12H,5-6H2,(H2,11,13). The molecule has 0 aliphatic heterocycles. The summed E-state index contributed by atoms with van der Waals surface area (Å²) in [5, 5.41) is 0.655. The minimum absolute atomic E-state index is 0.110. The number of rotatable bonds is 5. The SMILES string of the molecule is NC(=O)CNS(=O)(=O)c1ccc(CBr)cc1. The third-order valence-electron chi connectivity index (χ3n) is 1.82. The number of hydrogen-bond acceptors (Lipinski definition) is 3. The number of carbonyl (C=O) groups is 1. The van der Waals surface area contributed by atoms with E-state index in [9.17, 15) is 13.2 Å². The fourth-order valence-electron chi connectivity index (χ4n) is 1.01. The Bertz CT molecular complexity index is 470. The second-order valence-corrected chi connectivity index (χ2v) is 5.40. The molecule has 16 heavy (non-hydrogen) atoms. The van der Waals surface area contributed by atoms with E-state index >= 15 is 0 Å². The van der Waals surface area contributed by atoms with Crippen molar-refractivity contribution in [1.82, 2.24) is 4.72 Å². The number of carbonyl (C=O) groups excluding carboxylic acids is 1. The van der Waals surface area contributed by atoms with Crippen LogP contribution in [0.1, 0.15) is 5.56 Å². The number of nitrogens with one attached hydrogen (secondary N) is 1. The Morgan fingerprint density at radius 2 is 1.88 bits per heavy atom. The zero-order valence-corrected chi connectivity index (χ0v) is 10.7. The van der Waals surface area contributed by atoms with Gasteiger partial charge < -0.3 is 5.73 Å². The van der Waals surface area contributed by atoms with Crippen LogP contribution in [0.3, 0.4) is 0 Å². The molecule has 0 aromatic heterocycles. The Balaban J connectivity index is 2.85. The molecule has 0 fully saturated rings. The lowest BCUT2D eigenvalue weighted by Crippen LogP contribution is -2.33. The van der Waals surface area contributed by atoms with Crippen LogP contribution in [-0.2, 0) is 20.1 Å². The Kier molecular flexibility index (Phi) is 4.45. The summed E-state index contributed by atoms with van der Waals surface area (Å²) in [5.74, 6) is -0.722. The minimum atomic E-state index is -3.65. The molecule has 0 aliphatic rings. The van der Waals surface area contributed by atoms with Gasteiger partial charge in [0.1, 0.15) is 0 Å². The van der Waals surface area contributed by atoms with Crippen molar-refractivity contribution in [1.29, 1.82) is 0 Å². The third kappa shape index (κ3) is 3.58. The van der Waals surface area contributed by atoms with Crippen LogP contribution in [0.25, 0.3) is 0 Å². The molecular weight excluding hydrogens is 296 g/mol. The number of primary amides is 1. The van der Waals surface area contributed by atoms with Crippen LogP contribution in [0.2, 0.25) is 0 Å². The first-order valence-electron chi connectivity index (χ1n) is 4.38. The molecule has 1 aromatic rings. The molecule has 3 N–H and O–H groups in total. The van der Waals surface area contributed by atoms with Crippen molar-refractivity contribution < 1.29 is 13.2 Å². The first kappa shape index (κ1) is 13.1. The van der Waals surface area contributed by atoms with E-state index in [1.165, 1.54) is 12.1 Å². The van der Waals surface area contributed by atoms with E-state index in [2.05, 4.69) is 20.7 Å². The van der Waals surface area contributed by atoms with Gasteiger partial charge in [0.25, 0.3) is 0 Å². The highest BCUT2D eigenvalue weighted by Crippen LogP contribution is 2.12. The van der Waals surface area contributed by atoms with Crippen molar-refractivity contribution >= 4 is 31.9 Å². The smallest absolute Gasteiger partial charge is 0.241 e. The van der Waals surface area contributed by atoms with E-state index < -0.39 is 22.5 Å². The first-order chi connectivity index (χ1) is 7.45. The number of amides is 1. The summed E-state index contributed by atoms with van der Waals surface area (Å²) >= 11 is 3.26. The first-order valence-corrected chi connectivity index (χ1v) is 6.99. The monoisotopic (exact) mass is 306 g/mol. The van der Waals surface area contributed by atoms with Crippen LogP contribution in [0.4, 0.5) is 0 Å². The highest BCUT2D eigenvalue weighted by Gasteiger charge is 2.13. The average molecular weight is 307 g/mol. The summed E-state index contributed by atoms with van der Waals surface area (Å²) in [4.78, 5) is 10.6. The fraction of sp³-hybridized carbons (Fsp3) is 0.222. The summed E-state index contributed by atoms with van der Waals surface area (Å²) in [6, 6.07) is 6.32. The Morgan fingerprint density at radius 3 is 2.31 bits per heavy atom. The van der Waals surface area contributed by atoms with E-state index in [1.54, 1.807) is 12.1 Å². The van der Waals surface area contributed by atoms with Gasteiger partial charge in [0.15, 0.2) is 0 Å². The van der Waals surface area contributed by atoms with Gasteiger partial charge in [-0.25, -0.2) is 13.1 Å². The average Bonchev–Trinajstić information content (AvgIpc) is 2.27. The summed E-state index contributed by atoms with van der Waals surface area (Å²) in [7, 11) is -3.65. The molecule has 1 aromatic carbocycles. The van der Waals surface area contributed by atoms with E-state index in [0.717, 1.165) is 5.56 Å². The van der Waals surface area contributed by atoms with Crippen LogP contribution in [-0.4, -0.2) is 20.9 Å². The van der Waals surface area contributed by atoms with E-state index in [1.807, 2.05) is 0 Å². The summed E-state index contributed by atoms with van der Waals surface area (Å²) < 4.78 is 25.3. The lowest BCUT2D eigenvalue weighted by atomic mass is 10.2. The molecule has 0 saturated heterocycles. The number of hydrogen-bond donors (Lipinski definition) is 2. The maximum Gasteiger partial charge on any atom is 0.241 e. The number of nitrogens with two attached hydrogens (primary N) is 1. The van der Waals surface area contributed by atoms with Crippen LogP contribution >= 0.6 is 15.9 Å². The lowest BCUT2D eigenvalue weighted by Gasteiger charge is -2.05. The van der Waals surface area contributed by atoms with Crippen molar-refractivity contribution in [2.75, 3.05) is 6.54 Å². The maximum absolute atomic E-state index is 11.6. The van der Waals surface area contributed by atoms with Crippen molar-refractivity contribution in [3.05, 3.63) is 29.8 Å². The van der Waals surface area contributed by atoms with Crippen LogP contribution in [0.15, 0.2) is 29.2 Å². The number of alkyl halides is 1. The van der Waals surface area contributed by atoms with Gasteiger partial charge in [-0.1, -0.05) is 28.1 Å². The highest BCUT2D eigenvalue weighted by molar-refractivity contribution is 9.08. The maximum atomic E-state index is 11.6. The van der Waals surface area contributed by atoms with Gasteiger partial charge in [-0.05, 0) is 17.7 Å². The molecule has 0 saturated carbocycles. The molecule has 0 heterocycles. The van der Waals surface area contributed by atoms with Crippen molar-refractivity contribution in [2.45, 2.75) is 10.2 Å². The van der Waals surface area contributed by atoms with Crippen molar-refractivity contribution in [2.24, 2.45) is 5.73 Å². The van der Waals surface area contributed by atoms with Gasteiger partial charge in [-0.2, -0.15) is 0 Å². The van der Waals surface area contributed by atoms with Gasteiger partial charge in [-0.3, -0.25) is 4.79 Å². The summed E-state index contributed by atoms with van der Waals surface area (Å²) in [6.07, 6.45) is 0. The Hall–Kier alpha value is -0.920. The topological polar surface area (TPSA) is 89.3 Å². The predicted octanol–water partition coefficient (Wildman–Crippen LogP) is 0.345. The van der Waals surface area contributed by atoms with Crippen molar-refractivity contribution in [3.8, 4) is 0 Å². The molecular formula is C9H11BrN2O3S. The van der Waals surface area contributed by atoms with Crippen LogP contribution in [0, 0.1) is 0 Å².